The molecule has 0 heterocycles. The zero-order valence-corrected chi connectivity index (χ0v) is 9.22. The van der Waals surface area contributed by atoms with Gasteiger partial charge in [0.1, 0.15) is 6.10 Å². The molecule has 0 saturated carbocycles. The molecule has 0 aliphatic carbocycles. The van der Waals surface area contributed by atoms with E-state index in [1.807, 2.05) is 20.8 Å². The highest BCUT2D eigenvalue weighted by molar-refractivity contribution is 5.79. The van der Waals surface area contributed by atoms with Gasteiger partial charge in [0, 0.05) is 0 Å². The van der Waals surface area contributed by atoms with E-state index in [0.29, 0.717) is 13.2 Å². The number of ketones is 1. The summed E-state index contributed by atoms with van der Waals surface area (Å²) >= 11 is 0. The highest BCUT2D eigenvalue weighted by Gasteiger charge is 2.11. The normalized spacial score (nSPS) is 14.2. The molecule has 13 heavy (non-hydrogen) atoms. The van der Waals surface area contributed by atoms with Gasteiger partial charge in [-0.1, -0.05) is 0 Å². The third-order valence-electron chi connectivity index (χ3n) is 1.56. The molecular weight excluding hydrogens is 168 g/mol. The van der Waals surface area contributed by atoms with Crippen molar-refractivity contribution in [2.75, 3.05) is 13.2 Å². The number of Topliss-reactive ketones (excluding diaryl/α,β-unsaturated/α-hetero) is 1. The standard InChI is InChI=1S/C10H20O3/c1-8(11)9(2)12-6-7-13-10(3,4)5/h9H,6-7H2,1-5H3. The Morgan fingerprint density at radius 1 is 1.31 bits per heavy atom. The Morgan fingerprint density at radius 3 is 2.23 bits per heavy atom. The number of hydrogen-bond acceptors (Lipinski definition) is 3. The van der Waals surface area contributed by atoms with E-state index in [0.717, 1.165) is 0 Å². The third-order valence-corrected chi connectivity index (χ3v) is 1.56. The second kappa shape index (κ2) is 5.35. The van der Waals surface area contributed by atoms with Gasteiger partial charge in [-0.15, -0.1) is 0 Å². The van der Waals surface area contributed by atoms with Crippen molar-refractivity contribution in [3.8, 4) is 0 Å². The molecule has 0 rings (SSSR count). The molecule has 0 aromatic carbocycles. The Bertz CT molecular complexity index is 158. The zero-order valence-electron chi connectivity index (χ0n) is 9.22. The van der Waals surface area contributed by atoms with Gasteiger partial charge in [0.2, 0.25) is 0 Å². The summed E-state index contributed by atoms with van der Waals surface area (Å²) in [5.74, 6) is 0.0516. The molecule has 0 fully saturated rings. The summed E-state index contributed by atoms with van der Waals surface area (Å²) in [6.45, 7) is 10.2. The van der Waals surface area contributed by atoms with Crippen LogP contribution in [0.5, 0.6) is 0 Å². The van der Waals surface area contributed by atoms with Gasteiger partial charge in [0.25, 0.3) is 0 Å². The fourth-order valence-corrected chi connectivity index (χ4v) is 0.690. The molecule has 0 amide bonds. The highest BCUT2D eigenvalue weighted by Crippen LogP contribution is 2.05. The van der Waals surface area contributed by atoms with E-state index in [1.165, 1.54) is 6.92 Å². The lowest BCUT2D eigenvalue weighted by molar-refractivity contribution is -0.129. The largest absolute Gasteiger partial charge is 0.373 e. The molecule has 0 aliphatic heterocycles. The van der Waals surface area contributed by atoms with Gasteiger partial charge < -0.3 is 9.47 Å². The van der Waals surface area contributed by atoms with Crippen LogP contribution in [-0.2, 0) is 14.3 Å². The van der Waals surface area contributed by atoms with Crippen LogP contribution >= 0.6 is 0 Å². The van der Waals surface area contributed by atoms with Crippen LogP contribution in [0, 0.1) is 0 Å². The molecule has 0 aromatic rings. The first kappa shape index (κ1) is 12.6. The predicted molar refractivity (Wildman–Crippen MR) is 51.8 cm³/mol. The lowest BCUT2D eigenvalue weighted by Crippen LogP contribution is -2.25. The van der Waals surface area contributed by atoms with Crippen LogP contribution in [0.4, 0.5) is 0 Å². The van der Waals surface area contributed by atoms with Crippen LogP contribution in [0.25, 0.3) is 0 Å². The van der Waals surface area contributed by atoms with Crippen LogP contribution in [0.2, 0.25) is 0 Å². The van der Waals surface area contributed by atoms with Gasteiger partial charge in [-0.25, -0.2) is 0 Å². The predicted octanol–water partition coefficient (Wildman–Crippen LogP) is 1.80. The maximum Gasteiger partial charge on any atom is 0.158 e. The van der Waals surface area contributed by atoms with Crippen molar-refractivity contribution >= 4 is 5.78 Å². The van der Waals surface area contributed by atoms with Crippen molar-refractivity contribution in [1.82, 2.24) is 0 Å². The minimum absolute atomic E-state index is 0.0516. The van der Waals surface area contributed by atoms with Gasteiger partial charge in [-0.3, -0.25) is 4.79 Å². The smallest absolute Gasteiger partial charge is 0.158 e. The first-order chi connectivity index (χ1) is 5.83. The first-order valence-corrected chi connectivity index (χ1v) is 4.59. The summed E-state index contributed by atoms with van der Waals surface area (Å²) in [4.78, 5) is 10.8. The quantitative estimate of drug-likeness (QED) is 0.617. The molecule has 0 aromatic heterocycles. The first-order valence-electron chi connectivity index (χ1n) is 4.59. The SMILES string of the molecule is CC(=O)C(C)OCCOC(C)(C)C. The molecule has 0 bridgehead atoms. The summed E-state index contributed by atoms with van der Waals surface area (Å²) in [7, 11) is 0. The van der Waals surface area contributed by atoms with Gasteiger partial charge >= 0.3 is 0 Å². The average molecular weight is 188 g/mol. The lowest BCUT2D eigenvalue weighted by Gasteiger charge is -2.20. The number of carbonyl (C=O) groups excluding carboxylic acids is 1. The molecule has 0 aliphatic rings. The van der Waals surface area contributed by atoms with Crippen molar-refractivity contribution in [2.45, 2.75) is 46.3 Å². The molecule has 0 N–H and O–H groups in total. The molecule has 0 saturated heterocycles. The van der Waals surface area contributed by atoms with Crippen molar-refractivity contribution < 1.29 is 14.3 Å². The number of ether oxygens (including phenoxy) is 2. The van der Waals surface area contributed by atoms with E-state index < -0.39 is 0 Å². The number of rotatable bonds is 5. The van der Waals surface area contributed by atoms with Crippen molar-refractivity contribution in [2.24, 2.45) is 0 Å². The van der Waals surface area contributed by atoms with Gasteiger partial charge in [0.05, 0.1) is 18.8 Å². The van der Waals surface area contributed by atoms with Gasteiger partial charge in [-0.05, 0) is 34.6 Å². The van der Waals surface area contributed by atoms with E-state index in [9.17, 15) is 4.79 Å². The molecular formula is C10H20O3. The fraction of sp³-hybridized carbons (Fsp3) is 0.900. The average Bonchev–Trinajstić information content (AvgIpc) is 1.95. The maximum absolute atomic E-state index is 10.8. The number of hydrogen-bond donors (Lipinski definition) is 0. The van der Waals surface area contributed by atoms with Crippen molar-refractivity contribution in [3.05, 3.63) is 0 Å². The Hall–Kier alpha value is -0.410. The molecule has 1 unspecified atom stereocenters. The van der Waals surface area contributed by atoms with Crippen molar-refractivity contribution in [1.29, 1.82) is 0 Å². The van der Waals surface area contributed by atoms with Crippen LogP contribution in [0.3, 0.4) is 0 Å². The Kier molecular flexibility index (Phi) is 5.18. The lowest BCUT2D eigenvalue weighted by atomic mass is 10.2. The Morgan fingerprint density at radius 2 is 1.85 bits per heavy atom. The Balaban J connectivity index is 3.41. The zero-order chi connectivity index (χ0) is 10.5. The monoisotopic (exact) mass is 188 g/mol. The summed E-state index contributed by atoms with van der Waals surface area (Å²) < 4.78 is 10.6. The minimum atomic E-state index is -0.316. The van der Waals surface area contributed by atoms with E-state index in [-0.39, 0.29) is 17.5 Å². The molecule has 3 nitrogen and oxygen atoms in total. The molecule has 0 spiro atoms. The third kappa shape index (κ3) is 7.94. The Labute approximate surface area is 80.4 Å². The highest BCUT2D eigenvalue weighted by atomic mass is 16.5. The summed E-state index contributed by atoms with van der Waals surface area (Å²) in [6.07, 6.45) is -0.316. The summed E-state index contributed by atoms with van der Waals surface area (Å²) in [5, 5.41) is 0. The van der Waals surface area contributed by atoms with Crippen LogP contribution in [0.15, 0.2) is 0 Å². The molecule has 0 radical (unpaired) electrons. The van der Waals surface area contributed by atoms with Crippen molar-refractivity contribution in [3.63, 3.8) is 0 Å². The topological polar surface area (TPSA) is 35.5 Å². The molecule has 78 valence electrons. The van der Waals surface area contributed by atoms with Gasteiger partial charge in [-0.2, -0.15) is 0 Å². The van der Waals surface area contributed by atoms with Gasteiger partial charge in [0.15, 0.2) is 5.78 Å². The number of carbonyl (C=O) groups is 1. The summed E-state index contributed by atoms with van der Waals surface area (Å²) in [5.41, 5.74) is -0.136. The van der Waals surface area contributed by atoms with E-state index in [4.69, 9.17) is 9.47 Å². The van der Waals surface area contributed by atoms with E-state index >= 15 is 0 Å². The minimum Gasteiger partial charge on any atom is -0.373 e. The second-order valence-electron chi connectivity index (χ2n) is 4.08. The van der Waals surface area contributed by atoms with Crippen LogP contribution in [0.1, 0.15) is 34.6 Å². The summed E-state index contributed by atoms with van der Waals surface area (Å²) in [6, 6.07) is 0. The maximum atomic E-state index is 10.8. The molecule has 3 heteroatoms. The van der Waals surface area contributed by atoms with Crippen LogP contribution < -0.4 is 0 Å². The molecule has 1 atom stereocenters. The fourth-order valence-electron chi connectivity index (χ4n) is 0.690. The van der Waals surface area contributed by atoms with Crippen LogP contribution in [-0.4, -0.2) is 30.7 Å². The van der Waals surface area contributed by atoms with E-state index in [1.54, 1.807) is 6.92 Å². The van der Waals surface area contributed by atoms with E-state index in [2.05, 4.69) is 0 Å². The second-order valence-corrected chi connectivity index (χ2v) is 4.08.